The minimum absolute atomic E-state index is 0.0557. The molecule has 2 heterocycles. The Bertz CT molecular complexity index is 821. The van der Waals surface area contributed by atoms with Crippen molar-refractivity contribution >= 4 is 38.7 Å². The molecule has 0 radical (unpaired) electrons. The Labute approximate surface area is 163 Å². The van der Waals surface area contributed by atoms with E-state index >= 15 is 0 Å². The summed E-state index contributed by atoms with van der Waals surface area (Å²) in [5, 5.41) is 9.02. The molecule has 1 aromatic heterocycles. The monoisotopic (exact) mass is 437 g/mol. The van der Waals surface area contributed by atoms with Crippen LogP contribution in [-0.4, -0.2) is 50.8 Å². The molecule has 0 aliphatic carbocycles. The van der Waals surface area contributed by atoms with Crippen LogP contribution in [0.15, 0.2) is 45.9 Å². The van der Waals surface area contributed by atoms with E-state index in [-0.39, 0.29) is 6.42 Å². The van der Waals surface area contributed by atoms with Gasteiger partial charge in [-0.15, -0.1) is 0 Å². The zero-order valence-corrected chi connectivity index (χ0v) is 16.8. The Morgan fingerprint density at radius 2 is 1.96 bits per heavy atom. The molecular formula is C18H20BrN3O3S. The number of piperazine rings is 1. The molecule has 1 aliphatic rings. The summed E-state index contributed by atoms with van der Waals surface area (Å²) in [6.45, 7) is 4.68. The van der Waals surface area contributed by atoms with Gasteiger partial charge in [-0.3, -0.25) is 4.79 Å². The summed E-state index contributed by atoms with van der Waals surface area (Å²) in [6, 6.07) is 9.34. The molecule has 1 saturated heterocycles. The molecule has 6 nitrogen and oxygen atoms in total. The lowest BCUT2D eigenvalue weighted by Crippen LogP contribution is -2.47. The van der Waals surface area contributed by atoms with Crippen LogP contribution < -0.4 is 4.90 Å². The zero-order chi connectivity index (χ0) is 18.7. The lowest BCUT2D eigenvalue weighted by Gasteiger charge is -2.34. The number of hydrogen-bond acceptors (Lipinski definition) is 4. The minimum Gasteiger partial charge on any atom is -0.481 e. The van der Waals surface area contributed by atoms with Crippen LogP contribution in [0.3, 0.4) is 0 Å². The van der Waals surface area contributed by atoms with Gasteiger partial charge in [0, 0.05) is 36.8 Å². The first-order valence-corrected chi connectivity index (χ1v) is 10.2. The highest BCUT2D eigenvalue weighted by atomic mass is 79.9. The van der Waals surface area contributed by atoms with E-state index in [4.69, 9.17) is 5.11 Å². The number of benzene rings is 1. The molecular weight excluding hydrogens is 418 g/mol. The molecule has 1 N–H and O–H groups in total. The van der Waals surface area contributed by atoms with Crippen LogP contribution in [-0.2, 0) is 22.2 Å². The quantitative estimate of drug-likeness (QED) is 0.777. The summed E-state index contributed by atoms with van der Waals surface area (Å²) >= 11 is 3.38. The average molecular weight is 438 g/mol. The van der Waals surface area contributed by atoms with Gasteiger partial charge in [0.05, 0.1) is 11.3 Å². The maximum atomic E-state index is 12.9. The maximum Gasteiger partial charge on any atom is 0.307 e. The molecule has 0 amide bonds. The second-order valence-corrected chi connectivity index (χ2v) is 8.56. The Morgan fingerprint density at radius 3 is 2.58 bits per heavy atom. The van der Waals surface area contributed by atoms with Crippen molar-refractivity contribution in [3.63, 3.8) is 0 Å². The number of hydrogen-bond donors (Lipinski definition) is 1. The Hall–Kier alpha value is -1.77. The largest absolute Gasteiger partial charge is 0.481 e. The van der Waals surface area contributed by atoms with E-state index in [9.17, 15) is 9.00 Å². The topological polar surface area (TPSA) is 73.7 Å². The van der Waals surface area contributed by atoms with Gasteiger partial charge in [-0.1, -0.05) is 6.07 Å². The molecule has 3 rings (SSSR count). The SMILES string of the molecule is Cc1ccc(S(=O)N2CCN(c3ccc(Br)cn3)CC2)cc1CC(=O)O. The van der Waals surface area contributed by atoms with Crippen LogP contribution in [0, 0.1) is 6.92 Å². The van der Waals surface area contributed by atoms with Crippen molar-refractivity contribution in [3.8, 4) is 0 Å². The summed E-state index contributed by atoms with van der Waals surface area (Å²) in [5.74, 6) is 0.0318. The van der Waals surface area contributed by atoms with E-state index in [1.165, 1.54) is 0 Å². The number of aromatic nitrogens is 1. The van der Waals surface area contributed by atoms with Gasteiger partial charge >= 0.3 is 5.97 Å². The second-order valence-electron chi connectivity index (χ2n) is 6.16. The van der Waals surface area contributed by atoms with E-state index < -0.39 is 17.0 Å². The number of carboxylic acid groups (broad SMARTS) is 1. The molecule has 1 unspecified atom stereocenters. The van der Waals surface area contributed by atoms with Gasteiger partial charge in [0.2, 0.25) is 0 Å². The lowest BCUT2D eigenvalue weighted by molar-refractivity contribution is -0.136. The third-order valence-corrected chi connectivity index (χ3v) is 6.33. The number of halogens is 1. The van der Waals surface area contributed by atoms with Gasteiger partial charge in [-0.2, -0.15) is 0 Å². The summed E-state index contributed by atoms with van der Waals surface area (Å²) in [7, 11) is -1.29. The van der Waals surface area contributed by atoms with E-state index in [0.29, 0.717) is 23.5 Å². The number of aliphatic carboxylic acids is 1. The highest BCUT2D eigenvalue weighted by molar-refractivity contribution is 9.10. The number of carboxylic acids is 1. The molecule has 8 heteroatoms. The third-order valence-electron chi connectivity index (χ3n) is 4.37. The van der Waals surface area contributed by atoms with E-state index in [0.717, 1.165) is 28.9 Å². The lowest BCUT2D eigenvalue weighted by atomic mass is 10.1. The molecule has 1 atom stereocenters. The van der Waals surface area contributed by atoms with Crippen LogP contribution >= 0.6 is 15.9 Å². The minimum atomic E-state index is -1.29. The molecule has 26 heavy (non-hydrogen) atoms. The summed E-state index contributed by atoms with van der Waals surface area (Å²) in [5.41, 5.74) is 1.61. The smallest absolute Gasteiger partial charge is 0.307 e. The first-order chi connectivity index (χ1) is 12.4. The predicted molar refractivity (Wildman–Crippen MR) is 105 cm³/mol. The van der Waals surface area contributed by atoms with Crippen LogP contribution in [0.4, 0.5) is 5.82 Å². The van der Waals surface area contributed by atoms with Crippen molar-refractivity contribution in [1.29, 1.82) is 0 Å². The van der Waals surface area contributed by atoms with Crippen LogP contribution in [0.25, 0.3) is 0 Å². The molecule has 1 aliphatic heterocycles. The van der Waals surface area contributed by atoms with Crippen LogP contribution in [0.1, 0.15) is 11.1 Å². The van der Waals surface area contributed by atoms with E-state index in [1.54, 1.807) is 12.3 Å². The Morgan fingerprint density at radius 1 is 1.23 bits per heavy atom. The Balaban J connectivity index is 1.66. The van der Waals surface area contributed by atoms with Gasteiger partial charge in [-0.25, -0.2) is 13.5 Å². The van der Waals surface area contributed by atoms with Crippen LogP contribution in [0.5, 0.6) is 0 Å². The summed E-state index contributed by atoms with van der Waals surface area (Å²) in [4.78, 5) is 18.2. The highest BCUT2D eigenvalue weighted by Crippen LogP contribution is 2.21. The fraction of sp³-hybridized carbons (Fsp3) is 0.333. The number of nitrogens with zero attached hydrogens (tertiary/aromatic N) is 3. The van der Waals surface area contributed by atoms with Crippen molar-refractivity contribution in [2.75, 3.05) is 31.1 Å². The summed E-state index contributed by atoms with van der Waals surface area (Å²) < 4.78 is 15.7. The molecule has 0 bridgehead atoms. The van der Waals surface area contributed by atoms with E-state index in [2.05, 4.69) is 25.8 Å². The Kier molecular flexibility index (Phi) is 6.05. The van der Waals surface area contributed by atoms with E-state index in [1.807, 2.05) is 35.5 Å². The van der Waals surface area contributed by atoms with Crippen molar-refractivity contribution < 1.29 is 14.1 Å². The fourth-order valence-corrected chi connectivity index (χ4v) is 4.35. The third kappa shape index (κ3) is 4.49. The molecule has 0 saturated carbocycles. The molecule has 0 spiro atoms. The van der Waals surface area contributed by atoms with Gasteiger partial charge in [0.1, 0.15) is 16.8 Å². The molecule has 1 aromatic carbocycles. The second kappa shape index (κ2) is 8.28. The summed E-state index contributed by atoms with van der Waals surface area (Å²) in [6.07, 6.45) is 1.72. The van der Waals surface area contributed by atoms with Crippen molar-refractivity contribution in [3.05, 3.63) is 52.1 Å². The van der Waals surface area contributed by atoms with Gasteiger partial charge in [0.15, 0.2) is 0 Å². The van der Waals surface area contributed by atoms with Gasteiger partial charge in [0.25, 0.3) is 0 Å². The van der Waals surface area contributed by atoms with Gasteiger partial charge in [-0.05, 0) is 58.2 Å². The zero-order valence-electron chi connectivity index (χ0n) is 14.4. The number of rotatable bonds is 5. The van der Waals surface area contributed by atoms with Crippen LogP contribution in [0.2, 0.25) is 0 Å². The van der Waals surface area contributed by atoms with Crippen molar-refractivity contribution in [2.45, 2.75) is 18.2 Å². The number of carbonyl (C=O) groups is 1. The number of anilines is 1. The van der Waals surface area contributed by atoms with Crippen molar-refractivity contribution in [1.82, 2.24) is 9.29 Å². The average Bonchev–Trinajstić information content (AvgIpc) is 2.63. The normalized spacial score (nSPS) is 16.5. The maximum absolute atomic E-state index is 12.9. The first kappa shape index (κ1) is 19.0. The number of pyridine rings is 1. The number of aryl methyl sites for hydroxylation is 1. The molecule has 138 valence electrons. The first-order valence-electron chi connectivity index (χ1n) is 8.28. The van der Waals surface area contributed by atoms with Gasteiger partial charge < -0.3 is 10.0 Å². The highest BCUT2D eigenvalue weighted by Gasteiger charge is 2.23. The van der Waals surface area contributed by atoms with Crippen molar-refractivity contribution in [2.24, 2.45) is 0 Å². The molecule has 1 fully saturated rings. The standard InChI is InChI=1S/C18H20BrN3O3S/c1-13-2-4-16(10-14(13)11-18(23)24)26(25)22-8-6-21(7-9-22)17-5-3-15(19)12-20-17/h2-5,10,12H,6-9,11H2,1H3,(H,23,24). The molecule has 2 aromatic rings. The predicted octanol–water partition coefficient (Wildman–Crippen LogP) is 2.62. The fourth-order valence-electron chi connectivity index (χ4n) is 2.90.